The summed E-state index contributed by atoms with van der Waals surface area (Å²) in [4.78, 5) is 18.1. The molecule has 0 radical (unpaired) electrons. The first-order chi connectivity index (χ1) is 8.24. The van der Waals surface area contributed by atoms with Crippen molar-refractivity contribution in [1.82, 2.24) is 9.88 Å². The lowest BCUT2D eigenvalue weighted by Gasteiger charge is -2.35. The highest BCUT2D eigenvalue weighted by Crippen LogP contribution is 2.21. The lowest BCUT2D eigenvalue weighted by atomic mass is 10.0. The van der Waals surface area contributed by atoms with E-state index in [1.165, 1.54) is 0 Å². The number of amides is 1. The molecule has 0 bridgehead atoms. The second-order valence-electron chi connectivity index (χ2n) is 4.23. The van der Waals surface area contributed by atoms with Crippen LogP contribution in [-0.2, 0) is 0 Å². The summed E-state index contributed by atoms with van der Waals surface area (Å²) < 4.78 is 0. The molecule has 0 aliphatic carbocycles. The minimum absolute atomic E-state index is 0. The van der Waals surface area contributed by atoms with Gasteiger partial charge in [-0.3, -0.25) is 4.79 Å². The maximum Gasteiger partial charge on any atom is 0.257 e. The van der Waals surface area contributed by atoms with Gasteiger partial charge in [0.15, 0.2) is 0 Å². The van der Waals surface area contributed by atoms with E-state index in [9.17, 15) is 4.79 Å². The van der Waals surface area contributed by atoms with E-state index in [-0.39, 0.29) is 29.5 Å². The molecule has 1 saturated heterocycles. The molecule has 1 unspecified atom stereocenters. The van der Waals surface area contributed by atoms with Gasteiger partial charge in [-0.05, 0) is 31.4 Å². The maximum absolute atomic E-state index is 12.3. The maximum atomic E-state index is 12.3. The fraction of sp³-hybridized carbons (Fsp3) is 0.500. The fourth-order valence-corrected chi connectivity index (χ4v) is 2.41. The van der Waals surface area contributed by atoms with Gasteiger partial charge < -0.3 is 10.6 Å². The molecule has 1 amide bonds. The number of halogens is 2. The molecule has 6 heteroatoms. The number of nitrogens with two attached hydrogens (primary N) is 1. The quantitative estimate of drug-likeness (QED) is 0.849. The van der Waals surface area contributed by atoms with Crippen molar-refractivity contribution in [3.8, 4) is 0 Å². The van der Waals surface area contributed by atoms with Crippen molar-refractivity contribution in [2.24, 2.45) is 5.73 Å². The molecule has 1 atom stereocenters. The molecule has 4 nitrogen and oxygen atoms in total. The van der Waals surface area contributed by atoms with Crippen LogP contribution in [0.4, 0.5) is 0 Å². The Labute approximate surface area is 118 Å². The number of likely N-dealkylation sites (tertiary alicyclic amines) is 1. The number of carbonyl (C=O) groups excluding carboxylic acids is 1. The third kappa shape index (κ3) is 3.13. The SMILES string of the molecule is Cl.NCC1CCCCN1C(=O)c1cccnc1Cl. The van der Waals surface area contributed by atoms with E-state index in [2.05, 4.69) is 4.98 Å². The van der Waals surface area contributed by atoms with Crippen molar-refractivity contribution in [3.05, 3.63) is 29.0 Å². The van der Waals surface area contributed by atoms with Crippen molar-refractivity contribution in [2.45, 2.75) is 25.3 Å². The van der Waals surface area contributed by atoms with E-state index in [0.29, 0.717) is 12.1 Å². The van der Waals surface area contributed by atoms with Crippen LogP contribution in [0.5, 0.6) is 0 Å². The topological polar surface area (TPSA) is 59.2 Å². The minimum atomic E-state index is -0.0572. The van der Waals surface area contributed by atoms with Crippen LogP contribution in [0, 0.1) is 0 Å². The summed E-state index contributed by atoms with van der Waals surface area (Å²) >= 11 is 5.94. The van der Waals surface area contributed by atoms with Gasteiger partial charge in [-0.15, -0.1) is 12.4 Å². The van der Waals surface area contributed by atoms with Gasteiger partial charge in [-0.2, -0.15) is 0 Å². The highest BCUT2D eigenvalue weighted by molar-refractivity contribution is 6.32. The first-order valence-corrected chi connectivity index (χ1v) is 6.23. The van der Waals surface area contributed by atoms with Crippen molar-refractivity contribution < 1.29 is 4.79 Å². The van der Waals surface area contributed by atoms with Crippen molar-refractivity contribution in [2.75, 3.05) is 13.1 Å². The van der Waals surface area contributed by atoms with Gasteiger partial charge in [0.25, 0.3) is 5.91 Å². The summed E-state index contributed by atoms with van der Waals surface area (Å²) in [5.74, 6) is -0.0572. The third-order valence-electron chi connectivity index (χ3n) is 3.15. The monoisotopic (exact) mass is 289 g/mol. The normalized spacial score (nSPS) is 19.2. The van der Waals surface area contributed by atoms with Gasteiger partial charge in [0, 0.05) is 25.3 Å². The highest BCUT2D eigenvalue weighted by atomic mass is 35.5. The molecule has 1 aromatic rings. The number of hydrogen-bond acceptors (Lipinski definition) is 3. The van der Waals surface area contributed by atoms with E-state index in [4.69, 9.17) is 17.3 Å². The van der Waals surface area contributed by atoms with Crippen molar-refractivity contribution >= 4 is 29.9 Å². The lowest BCUT2D eigenvalue weighted by molar-refractivity contribution is 0.0623. The zero-order valence-corrected chi connectivity index (χ0v) is 11.6. The number of pyridine rings is 1. The molecule has 2 N–H and O–H groups in total. The molecule has 100 valence electrons. The molecule has 1 aliphatic rings. The van der Waals surface area contributed by atoms with Crippen LogP contribution in [0.25, 0.3) is 0 Å². The number of carbonyl (C=O) groups is 1. The predicted molar refractivity (Wildman–Crippen MR) is 74.2 cm³/mol. The van der Waals surface area contributed by atoms with Gasteiger partial charge in [0.1, 0.15) is 5.15 Å². The number of hydrogen-bond donors (Lipinski definition) is 1. The lowest BCUT2D eigenvalue weighted by Crippen LogP contribution is -2.47. The van der Waals surface area contributed by atoms with Crippen LogP contribution in [0.15, 0.2) is 18.3 Å². The number of nitrogens with zero attached hydrogens (tertiary/aromatic N) is 2. The third-order valence-corrected chi connectivity index (χ3v) is 3.45. The summed E-state index contributed by atoms with van der Waals surface area (Å²) in [6.07, 6.45) is 4.71. The Balaban J connectivity index is 0.00000162. The van der Waals surface area contributed by atoms with Gasteiger partial charge >= 0.3 is 0 Å². The van der Waals surface area contributed by atoms with Crippen LogP contribution in [0.2, 0.25) is 5.15 Å². The number of piperidine rings is 1. The molecular weight excluding hydrogens is 273 g/mol. The van der Waals surface area contributed by atoms with Gasteiger partial charge in [-0.25, -0.2) is 4.98 Å². The molecule has 2 heterocycles. The van der Waals surface area contributed by atoms with Crippen LogP contribution >= 0.6 is 24.0 Å². The molecule has 0 spiro atoms. The van der Waals surface area contributed by atoms with E-state index in [1.54, 1.807) is 18.3 Å². The molecular formula is C12H17Cl2N3O. The molecule has 0 saturated carbocycles. The van der Waals surface area contributed by atoms with Gasteiger partial charge in [0.2, 0.25) is 0 Å². The Kier molecular flexibility index (Phi) is 5.85. The second kappa shape index (κ2) is 6.92. The van der Waals surface area contributed by atoms with Crippen LogP contribution < -0.4 is 5.73 Å². The van der Waals surface area contributed by atoms with E-state index in [0.717, 1.165) is 25.8 Å². The Hall–Kier alpha value is -0.840. The highest BCUT2D eigenvalue weighted by Gasteiger charge is 2.27. The van der Waals surface area contributed by atoms with Gasteiger partial charge in [0.05, 0.1) is 5.56 Å². The van der Waals surface area contributed by atoms with Crippen molar-refractivity contribution in [1.29, 1.82) is 0 Å². The van der Waals surface area contributed by atoms with E-state index < -0.39 is 0 Å². The first-order valence-electron chi connectivity index (χ1n) is 5.85. The Morgan fingerprint density at radius 2 is 2.33 bits per heavy atom. The Morgan fingerprint density at radius 3 is 3.00 bits per heavy atom. The van der Waals surface area contributed by atoms with Crippen LogP contribution in [0.1, 0.15) is 29.6 Å². The minimum Gasteiger partial charge on any atom is -0.334 e. The summed E-state index contributed by atoms with van der Waals surface area (Å²) in [6.45, 7) is 1.26. The predicted octanol–water partition coefficient (Wildman–Crippen LogP) is 2.11. The fourth-order valence-electron chi connectivity index (χ4n) is 2.21. The molecule has 0 aromatic carbocycles. The number of rotatable bonds is 2. The van der Waals surface area contributed by atoms with Crippen LogP contribution in [0.3, 0.4) is 0 Å². The Bertz CT molecular complexity index is 414. The first kappa shape index (κ1) is 15.2. The summed E-state index contributed by atoms with van der Waals surface area (Å²) in [5, 5.41) is 0.263. The largest absolute Gasteiger partial charge is 0.334 e. The smallest absolute Gasteiger partial charge is 0.257 e. The molecule has 2 rings (SSSR count). The average molecular weight is 290 g/mol. The van der Waals surface area contributed by atoms with Gasteiger partial charge in [-0.1, -0.05) is 11.6 Å². The summed E-state index contributed by atoms with van der Waals surface area (Å²) in [5.41, 5.74) is 6.17. The Morgan fingerprint density at radius 1 is 1.56 bits per heavy atom. The average Bonchev–Trinajstić information content (AvgIpc) is 2.38. The summed E-state index contributed by atoms with van der Waals surface area (Å²) in [6, 6.07) is 3.56. The molecule has 18 heavy (non-hydrogen) atoms. The van der Waals surface area contributed by atoms with Crippen LogP contribution in [-0.4, -0.2) is 34.9 Å². The zero-order valence-electron chi connectivity index (χ0n) is 10.0. The zero-order chi connectivity index (χ0) is 12.3. The second-order valence-corrected chi connectivity index (χ2v) is 4.58. The number of aromatic nitrogens is 1. The molecule has 1 fully saturated rings. The van der Waals surface area contributed by atoms with E-state index in [1.807, 2.05) is 4.90 Å². The van der Waals surface area contributed by atoms with E-state index >= 15 is 0 Å². The molecule has 1 aliphatic heterocycles. The van der Waals surface area contributed by atoms with Crippen molar-refractivity contribution in [3.63, 3.8) is 0 Å². The summed E-state index contributed by atoms with van der Waals surface area (Å²) in [7, 11) is 0. The standard InChI is InChI=1S/C12H16ClN3O.ClH/c13-11-10(5-3-6-15-11)12(17)16-7-2-1-4-9(16)8-14;/h3,5-6,9H,1-2,4,7-8,14H2;1H. The molecule has 1 aromatic heterocycles.